The molecule has 1 aromatic heterocycles. The molecule has 1 unspecified atom stereocenters. The number of nitrogens with one attached hydrogen (secondary N) is 1. The minimum atomic E-state index is 0.606. The molecule has 0 amide bonds. The van der Waals surface area contributed by atoms with Gasteiger partial charge in [0.2, 0.25) is 5.95 Å². The van der Waals surface area contributed by atoms with E-state index in [1.54, 1.807) is 0 Å². The number of nitrogens with zero attached hydrogens (tertiary/aromatic N) is 3. The van der Waals surface area contributed by atoms with Crippen LogP contribution in [-0.4, -0.2) is 29.1 Å². The fourth-order valence-corrected chi connectivity index (χ4v) is 2.03. The van der Waals surface area contributed by atoms with E-state index in [1.165, 1.54) is 12.8 Å². The zero-order chi connectivity index (χ0) is 10.7. The van der Waals surface area contributed by atoms with Crippen molar-refractivity contribution in [3.63, 3.8) is 0 Å². The van der Waals surface area contributed by atoms with Crippen molar-refractivity contribution in [3.05, 3.63) is 12.3 Å². The molecule has 15 heavy (non-hydrogen) atoms. The van der Waals surface area contributed by atoms with Gasteiger partial charge < -0.3 is 10.2 Å². The van der Waals surface area contributed by atoms with E-state index in [9.17, 15) is 0 Å². The fourth-order valence-electron chi connectivity index (χ4n) is 2.03. The molecule has 82 valence electrons. The highest BCUT2D eigenvalue weighted by Gasteiger charge is 2.21. The molecule has 1 aliphatic rings. The molecule has 0 saturated carbocycles. The highest BCUT2D eigenvalue weighted by atomic mass is 15.3. The molecule has 1 fully saturated rings. The molecule has 4 heteroatoms. The third-order valence-corrected chi connectivity index (χ3v) is 2.82. The molecule has 0 aromatic carbocycles. The van der Waals surface area contributed by atoms with E-state index in [1.807, 2.05) is 12.3 Å². The molecule has 1 saturated heterocycles. The fraction of sp³-hybridized carbons (Fsp3) is 0.636. The number of hydrogen-bond donors (Lipinski definition) is 1. The second kappa shape index (κ2) is 4.47. The Bertz CT molecular complexity index is 326. The molecule has 1 aliphatic heterocycles. The molecule has 1 N–H and O–H groups in total. The van der Waals surface area contributed by atoms with Crippen molar-refractivity contribution in [2.24, 2.45) is 0 Å². The summed E-state index contributed by atoms with van der Waals surface area (Å²) >= 11 is 0. The van der Waals surface area contributed by atoms with Crippen molar-refractivity contribution in [2.75, 3.05) is 23.3 Å². The van der Waals surface area contributed by atoms with Crippen LogP contribution < -0.4 is 10.2 Å². The van der Waals surface area contributed by atoms with Gasteiger partial charge in [-0.3, -0.25) is 0 Å². The van der Waals surface area contributed by atoms with Crippen molar-refractivity contribution < 1.29 is 0 Å². The van der Waals surface area contributed by atoms with Crippen molar-refractivity contribution >= 4 is 11.8 Å². The Morgan fingerprint density at radius 3 is 3.13 bits per heavy atom. The van der Waals surface area contributed by atoms with Crippen LogP contribution >= 0.6 is 0 Å². The van der Waals surface area contributed by atoms with Crippen LogP contribution in [-0.2, 0) is 0 Å². The summed E-state index contributed by atoms with van der Waals surface area (Å²) in [7, 11) is 0. The van der Waals surface area contributed by atoms with E-state index in [-0.39, 0.29) is 0 Å². The maximum atomic E-state index is 4.50. The normalized spacial score (nSPS) is 20.7. The van der Waals surface area contributed by atoms with E-state index in [4.69, 9.17) is 0 Å². The monoisotopic (exact) mass is 206 g/mol. The van der Waals surface area contributed by atoms with Crippen LogP contribution in [0.2, 0.25) is 0 Å². The summed E-state index contributed by atoms with van der Waals surface area (Å²) in [6.07, 6.45) is 4.35. The van der Waals surface area contributed by atoms with Crippen molar-refractivity contribution in [1.82, 2.24) is 9.97 Å². The van der Waals surface area contributed by atoms with Crippen molar-refractivity contribution in [3.8, 4) is 0 Å². The summed E-state index contributed by atoms with van der Waals surface area (Å²) in [5.74, 6) is 1.78. The zero-order valence-corrected chi connectivity index (χ0v) is 9.40. The average molecular weight is 206 g/mol. The Morgan fingerprint density at radius 1 is 1.60 bits per heavy atom. The molecule has 4 nitrogen and oxygen atoms in total. The van der Waals surface area contributed by atoms with Crippen LogP contribution in [0.3, 0.4) is 0 Å². The number of hydrogen-bond acceptors (Lipinski definition) is 4. The topological polar surface area (TPSA) is 41.1 Å². The van der Waals surface area contributed by atoms with Crippen LogP contribution in [0, 0.1) is 0 Å². The lowest BCUT2D eigenvalue weighted by molar-refractivity contribution is 0.726. The van der Waals surface area contributed by atoms with Crippen LogP contribution in [0.25, 0.3) is 0 Å². The van der Waals surface area contributed by atoms with Crippen LogP contribution in [0.5, 0.6) is 0 Å². The van der Waals surface area contributed by atoms with E-state index in [0.717, 1.165) is 24.9 Å². The van der Waals surface area contributed by atoms with E-state index in [0.29, 0.717) is 6.04 Å². The maximum Gasteiger partial charge on any atom is 0.224 e. The van der Waals surface area contributed by atoms with E-state index in [2.05, 4.69) is 34.0 Å². The Hall–Kier alpha value is -1.32. The minimum Gasteiger partial charge on any atom is -0.354 e. The SMILES string of the molecule is CCNc1nccc(N2CCCC2C)n1. The average Bonchev–Trinajstić information content (AvgIpc) is 2.65. The summed E-state index contributed by atoms with van der Waals surface area (Å²) < 4.78 is 0. The standard InChI is InChI=1S/C11H18N4/c1-3-12-11-13-7-6-10(14-11)15-8-4-5-9(15)2/h6-7,9H,3-5,8H2,1-2H3,(H,12,13,14). The lowest BCUT2D eigenvalue weighted by Crippen LogP contribution is -2.27. The molecule has 1 atom stereocenters. The van der Waals surface area contributed by atoms with Gasteiger partial charge in [0.1, 0.15) is 5.82 Å². The quantitative estimate of drug-likeness (QED) is 0.820. The Labute approximate surface area is 90.7 Å². The molecular weight excluding hydrogens is 188 g/mol. The van der Waals surface area contributed by atoms with Gasteiger partial charge in [-0.05, 0) is 32.8 Å². The maximum absolute atomic E-state index is 4.50. The zero-order valence-electron chi connectivity index (χ0n) is 9.40. The van der Waals surface area contributed by atoms with E-state index >= 15 is 0 Å². The molecule has 0 radical (unpaired) electrons. The Balaban J connectivity index is 2.16. The first-order chi connectivity index (χ1) is 7.31. The van der Waals surface area contributed by atoms with E-state index < -0.39 is 0 Å². The van der Waals surface area contributed by atoms with Crippen LogP contribution in [0.4, 0.5) is 11.8 Å². The van der Waals surface area contributed by atoms with Gasteiger partial charge in [-0.2, -0.15) is 4.98 Å². The number of anilines is 2. The predicted octanol–water partition coefficient (Wildman–Crippen LogP) is 1.90. The molecule has 0 aliphatic carbocycles. The van der Waals surface area contributed by atoms with Gasteiger partial charge in [0, 0.05) is 25.3 Å². The molecule has 0 spiro atoms. The first-order valence-corrected chi connectivity index (χ1v) is 5.65. The minimum absolute atomic E-state index is 0.606. The van der Waals surface area contributed by atoms with Crippen molar-refractivity contribution in [1.29, 1.82) is 0 Å². The smallest absolute Gasteiger partial charge is 0.224 e. The summed E-state index contributed by atoms with van der Waals surface area (Å²) in [5.41, 5.74) is 0. The van der Waals surface area contributed by atoms with Gasteiger partial charge in [-0.1, -0.05) is 0 Å². The first kappa shape index (κ1) is 10.2. The summed E-state index contributed by atoms with van der Waals surface area (Å²) in [4.78, 5) is 11.0. The van der Waals surface area contributed by atoms with Gasteiger partial charge >= 0.3 is 0 Å². The van der Waals surface area contributed by atoms with Gasteiger partial charge in [0.15, 0.2) is 0 Å². The third-order valence-electron chi connectivity index (χ3n) is 2.82. The predicted molar refractivity (Wildman–Crippen MR) is 62.2 cm³/mol. The number of aromatic nitrogens is 2. The Morgan fingerprint density at radius 2 is 2.47 bits per heavy atom. The van der Waals surface area contributed by atoms with Gasteiger partial charge in [-0.25, -0.2) is 4.98 Å². The second-order valence-corrected chi connectivity index (χ2v) is 3.95. The third kappa shape index (κ3) is 2.19. The molecule has 1 aromatic rings. The highest BCUT2D eigenvalue weighted by molar-refractivity contribution is 5.44. The molecule has 2 heterocycles. The first-order valence-electron chi connectivity index (χ1n) is 5.65. The summed E-state index contributed by atoms with van der Waals surface area (Å²) in [5, 5.41) is 3.14. The second-order valence-electron chi connectivity index (χ2n) is 3.95. The molecular formula is C11H18N4. The molecule has 2 rings (SSSR count). The molecule has 0 bridgehead atoms. The lowest BCUT2D eigenvalue weighted by atomic mass is 10.2. The number of rotatable bonds is 3. The van der Waals surface area contributed by atoms with Gasteiger partial charge in [0.05, 0.1) is 0 Å². The van der Waals surface area contributed by atoms with Crippen LogP contribution in [0.1, 0.15) is 26.7 Å². The summed E-state index contributed by atoms with van der Waals surface area (Å²) in [6.45, 7) is 6.28. The largest absolute Gasteiger partial charge is 0.354 e. The van der Waals surface area contributed by atoms with Crippen LogP contribution in [0.15, 0.2) is 12.3 Å². The Kier molecular flexibility index (Phi) is 3.04. The van der Waals surface area contributed by atoms with Gasteiger partial charge in [-0.15, -0.1) is 0 Å². The van der Waals surface area contributed by atoms with Gasteiger partial charge in [0.25, 0.3) is 0 Å². The lowest BCUT2D eigenvalue weighted by Gasteiger charge is -2.22. The van der Waals surface area contributed by atoms with Crippen molar-refractivity contribution in [2.45, 2.75) is 32.7 Å². The summed E-state index contributed by atoms with van der Waals surface area (Å²) in [6, 6.07) is 2.59. The highest BCUT2D eigenvalue weighted by Crippen LogP contribution is 2.23.